The zero-order valence-corrected chi connectivity index (χ0v) is 8.12. The summed E-state index contributed by atoms with van der Waals surface area (Å²) in [4.78, 5) is 22.3. The minimum atomic E-state index is -1.82. The molecule has 0 saturated heterocycles. The molecule has 82 valence electrons. The fourth-order valence-electron chi connectivity index (χ4n) is 0.645. The molecule has 1 atom stereocenters. The van der Waals surface area contributed by atoms with E-state index in [1.807, 2.05) is 25.1 Å². The molecule has 0 saturated carbocycles. The van der Waals surface area contributed by atoms with Crippen molar-refractivity contribution in [2.24, 2.45) is 5.73 Å². The summed E-state index contributed by atoms with van der Waals surface area (Å²) in [6.45, 7) is 1.92. The first-order chi connectivity index (χ1) is 6.95. The molecule has 1 rings (SSSR count). The van der Waals surface area contributed by atoms with Crippen molar-refractivity contribution in [2.75, 3.05) is 0 Å². The number of carboxylic acids is 2. The van der Waals surface area contributed by atoms with E-state index in [4.69, 9.17) is 25.5 Å². The Labute approximate surface area is 86.4 Å². The lowest BCUT2D eigenvalue weighted by Gasteiger charge is -2.00. The molecule has 0 aliphatic rings. The van der Waals surface area contributed by atoms with Crippen LogP contribution < -0.4 is 5.73 Å². The highest BCUT2D eigenvalue weighted by molar-refractivity contribution is 6.27. The molecule has 6 nitrogen and oxygen atoms in total. The van der Waals surface area contributed by atoms with Gasteiger partial charge in [0.05, 0.1) is 5.69 Å². The van der Waals surface area contributed by atoms with Gasteiger partial charge in [0, 0.05) is 12.2 Å². The number of aliphatic carboxylic acids is 2. The van der Waals surface area contributed by atoms with Crippen molar-refractivity contribution >= 4 is 11.9 Å². The highest BCUT2D eigenvalue weighted by atomic mass is 16.4. The van der Waals surface area contributed by atoms with Crippen molar-refractivity contribution < 1.29 is 19.8 Å². The van der Waals surface area contributed by atoms with Gasteiger partial charge in [0.1, 0.15) is 0 Å². The van der Waals surface area contributed by atoms with Crippen LogP contribution in [0.2, 0.25) is 0 Å². The molecular formula is C9H12N2O4. The summed E-state index contributed by atoms with van der Waals surface area (Å²) in [5, 5.41) is 14.8. The van der Waals surface area contributed by atoms with Crippen LogP contribution in [-0.4, -0.2) is 27.1 Å². The highest BCUT2D eigenvalue weighted by Gasteiger charge is 2.04. The number of nitrogens with zero attached hydrogens (tertiary/aromatic N) is 1. The SMILES string of the molecule is CC(N)c1ccccn1.O=C(O)C(=O)O. The number of nitrogens with two attached hydrogens (primary N) is 1. The zero-order valence-electron chi connectivity index (χ0n) is 8.12. The normalized spacial score (nSPS) is 10.8. The molecule has 1 unspecified atom stereocenters. The number of rotatable bonds is 1. The summed E-state index contributed by atoms with van der Waals surface area (Å²) in [5.41, 5.74) is 6.49. The number of aromatic nitrogens is 1. The maximum absolute atomic E-state index is 9.10. The van der Waals surface area contributed by atoms with Crippen LogP contribution in [0.5, 0.6) is 0 Å². The van der Waals surface area contributed by atoms with Crippen LogP contribution in [0.1, 0.15) is 18.7 Å². The molecule has 0 amide bonds. The van der Waals surface area contributed by atoms with Gasteiger partial charge in [0.2, 0.25) is 0 Å². The molecule has 0 spiro atoms. The second kappa shape index (κ2) is 6.50. The largest absolute Gasteiger partial charge is 0.473 e. The lowest BCUT2D eigenvalue weighted by Crippen LogP contribution is -2.09. The number of pyridine rings is 1. The molecule has 0 aliphatic heterocycles. The molecule has 0 aromatic carbocycles. The summed E-state index contributed by atoms with van der Waals surface area (Å²) in [7, 11) is 0. The highest BCUT2D eigenvalue weighted by Crippen LogP contribution is 2.02. The van der Waals surface area contributed by atoms with Crippen LogP contribution in [0.25, 0.3) is 0 Å². The third-order valence-corrected chi connectivity index (χ3v) is 1.34. The van der Waals surface area contributed by atoms with Crippen LogP contribution in [0.4, 0.5) is 0 Å². The number of carbonyl (C=O) groups is 2. The van der Waals surface area contributed by atoms with Crippen LogP contribution in [0.3, 0.4) is 0 Å². The van der Waals surface area contributed by atoms with E-state index in [1.165, 1.54) is 0 Å². The smallest absolute Gasteiger partial charge is 0.414 e. The Balaban J connectivity index is 0.000000288. The van der Waals surface area contributed by atoms with Gasteiger partial charge >= 0.3 is 11.9 Å². The van der Waals surface area contributed by atoms with Crippen molar-refractivity contribution in [2.45, 2.75) is 13.0 Å². The maximum Gasteiger partial charge on any atom is 0.414 e. The fourth-order valence-corrected chi connectivity index (χ4v) is 0.645. The Morgan fingerprint density at radius 2 is 1.87 bits per heavy atom. The Morgan fingerprint density at radius 3 is 2.07 bits per heavy atom. The molecule has 1 aromatic heterocycles. The lowest BCUT2D eigenvalue weighted by atomic mass is 10.2. The van der Waals surface area contributed by atoms with Crippen LogP contribution in [0, 0.1) is 0 Å². The maximum atomic E-state index is 9.10. The van der Waals surface area contributed by atoms with Gasteiger partial charge < -0.3 is 15.9 Å². The van der Waals surface area contributed by atoms with E-state index >= 15 is 0 Å². The van der Waals surface area contributed by atoms with Gasteiger partial charge in [-0.05, 0) is 19.1 Å². The average Bonchev–Trinajstić information content (AvgIpc) is 2.20. The summed E-state index contributed by atoms with van der Waals surface area (Å²) in [6, 6.07) is 5.79. The molecule has 4 N–H and O–H groups in total. The molecule has 0 fully saturated rings. The van der Waals surface area contributed by atoms with Crippen LogP contribution in [-0.2, 0) is 9.59 Å². The van der Waals surface area contributed by atoms with Gasteiger partial charge in [-0.2, -0.15) is 0 Å². The van der Waals surface area contributed by atoms with E-state index in [2.05, 4.69) is 4.98 Å². The number of hydrogen-bond acceptors (Lipinski definition) is 4. The molecule has 6 heteroatoms. The van der Waals surface area contributed by atoms with Crippen molar-refractivity contribution in [3.05, 3.63) is 30.1 Å². The fraction of sp³-hybridized carbons (Fsp3) is 0.222. The molecule has 1 heterocycles. The Kier molecular flexibility index (Phi) is 5.65. The minimum Gasteiger partial charge on any atom is -0.473 e. The van der Waals surface area contributed by atoms with Gasteiger partial charge in [0.15, 0.2) is 0 Å². The van der Waals surface area contributed by atoms with Crippen molar-refractivity contribution in [3.63, 3.8) is 0 Å². The Morgan fingerprint density at radius 1 is 1.33 bits per heavy atom. The molecule has 1 aromatic rings. The topological polar surface area (TPSA) is 114 Å². The van der Waals surface area contributed by atoms with E-state index < -0.39 is 11.9 Å². The first-order valence-corrected chi connectivity index (χ1v) is 4.08. The van der Waals surface area contributed by atoms with Crippen LogP contribution >= 0.6 is 0 Å². The van der Waals surface area contributed by atoms with Crippen molar-refractivity contribution in [1.29, 1.82) is 0 Å². The molecule has 15 heavy (non-hydrogen) atoms. The summed E-state index contributed by atoms with van der Waals surface area (Å²) >= 11 is 0. The Bertz CT molecular complexity index is 312. The first-order valence-electron chi connectivity index (χ1n) is 4.08. The average molecular weight is 212 g/mol. The molecule has 0 bridgehead atoms. The predicted molar refractivity (Wildman–Crippen MR) is 52.1 cm³/mol. The predicted octanol–water partition coefficient (Wildman–Crippen LogP) is 0.257. The van der Waals surface area contributed by atoms with E-state index in [0.717, 1.165) is 5.69 Å². The second-order valence-electron chi connectivity index (χ2n) is 2.65. The van der Waals surface area contributed by atoms with E-state index in [1.54, 1.807) is 6.20 Å². The zero-order chi connectivity index (χ0) is 11.8. The standard InChI is InChI=1S/C7H10N2.C2H2O4/c1-6(8)7-4-2-3-5-9-7;3-1(4)2(5)6/h2-6H,8H2,1H3;(H,3,4)(H,5,6). The first kappa shape index (κ1) is 13.1. The monoisotopic (exact) mass is 212 g/mol. The number of hydrogen-bond donors (Lipinski definition) is 3. The molecular weight excluding hydrogens is 200 g/mol. The van der Waals surface area contributed by atoms with Gasteiger partial charge in [-0.15, -0.1) is 0 Å². The lowest BCUT2D eigenvalue weighted by molar-refractivity contribution is -0.159. The summed E-state index contributed by atoms with van der Waals surface area (Å²) < 4.78 is 0. The molecule has 0 aliphatic carbocycles. The third-order valence-electron chi connectivity index (χ3n) is 1.34. The summed E-state index contributed by atoms with van der Waals surface area (Å²) in [6.07, 6.45) is 1.75. The van der Waals surface area contributed by atoms with Gasteiger partial charge in [-0.25, -0.2) is 9.59 Å². The van der Waals surface area contributed by atoms with Gasteiger partial charge in [-0.1, -0.05) is 6.07 Å². The van der Waals surface area contributed by atoms with Crippen molar-refractivity contribution in [1.82, 2.24) is 4.98 Å². The van der Waals surface area contributed by atoms with E-state index in [0.29, 0.717) is 0 Å². The minimum absolute atomic E-state index is 0.0474. The van der Waals surface area contributed by atoms with Gasteiger partial charge in [0.25, 0.3) is 0 Å². The third kappa shape index (κ3) is 6.17. The number of carboxylic acid groups (broad SMARTS) is 2. The van der Waals surface area contributed by atoms with E-state index in [-0.39, 0.29) is 6.04 Å². The quantitative estimate of drug-likeness (QED) is 0.575. The summed E-state index contributed by atoms with van der Waals surface area (Å²) in [5.74, 6) is -3.65. The second-order valence-corrected chi connectivity index (χ2v) is 2.65. The van der Waals surface area contributed by atoms with Crippen molar-refractivity contribution in [3.8, 4) is 0 Å². The van der Waals surface area contributed by atoms with Gasteiger partial charge in [-0.3, -0.25) is 4.98 Å². The molecule has 0 radical (unpaired) electrons. The van der Waals surface area contributed by atoms with E-state index in [9.17, 15) is 0 Å². The Hall–Kier alpha value is -1.95. The van der Waals surface area contributed by atoms with Crippen LogP contribution in [0.15, 0.2) is 24.4 Å².